The highest BCUT2D eigenvalue weighted by Gasteiger charge is 2.08. The van der Waals surface area contributed by atoms with Crippen LogP contribution >= 0.6 is 0 Å². The lowest BCUT2D eigenvalue weighted by molar-refractivity contribution is -0.116. The van der Waals surface area contributed by atoms with Crippen molar-refractivity contribution in [3.05, 3.63) is 25.3 Å². The molecule has 19 heavy (non-hydrogen) atoms. The molecule has 0 bridgehead atoms. The van der Waals surface area contributed by atoms with Gasteiger partial charge in [-0.3, -0.25) is 14.5 Å². The molecule has 6 nitrogen and oxygen atoms in total. The molecule has 0 aromatic rings. The second-order valence-electron chi connectivity index (χ2n) is 3.91. The fraction of sp³-hybridized carbons (Fsp3) is 0.538. The molecule has 108 valence electrons. The molecule has 0 radical (unpaired) electrons. The van der Waals surface area contributed by atoms with Gasteiger partial charge in [-0.15, -0.1) is 0 Å². The molecule has 2 amide bonds. The van der Waals surface area contributed by atoms with Crippen molar-refractivity contribution in [1.29, 1.82) is 0 Å². The van der Waals surface area contributed by atoms with Gasteiger partial charge in [-0.05, 0) is 25.1 Å². The summed E-state index contributed by atoms with van der Waals surface area (Å²) >= 11 is 0. The van der Waals surface area contributed by atoms with Crippen LogP contribution in [0.2, 0.25) is 0 Å². The van der Waals surface area contributed by atoms with E-state index in [1.54, 1.807) is 0 Å². The Morgan fingerprint density at radius 3 is 2.32 bits per heavy atom. The maximum Gasteiger partial charge on any atom is 0.243 e. The van der Waals surface area contributed by atoms with Gasteiger partial charge in [0.15, 0.2) is 0 Å². The van der Waals surface area contributed by atoms with Gasteiger partial charge in [0.1, 0.15) is 0 Å². The van der Waals surface area contributed by atoms with Crippen LogP contribution in [0, 0.1) is 0 Å². The molecule has 6 heteroatoms. The third-order valence-corrected chi connectivity index (χ3v) is 2.44. The van der Waals surface area contributed by atoms with Crippen LogP contribution in [-0.2, 0) is 14.3 Å². The average molecular weight is 269 g/mol. The second kappa shape index (κ2) is 11.4. The monoisotopic (exact) mass is 269 g/mol. The number of primary amides is 1. The number of rotatable bonds is 6. The Balaban J connectivity index is 0.000000555. The number of amides is 2. The quantitative estimate of drug-likeness (QED) is 0.511. The van der Waals surface area contributed by atoms with Crippen molar-refractivity contribution in [1.82, 2.24) is 10.2 Å². The van der Waals surface area contributed by atoms with Crippen LogP contribution in [0.25, 0.3) is 0 Å². The first-order chi connectivity index (χ1) is 9.10. The smallest absolute Gasteiger partial charge is 0.243 e. The van der Waals surface area contributed by atoms with Crippen LogP contribution in [0.3, 0.4) is 0 Å². The number of hydrogen-bond acceptors (Lipinski definition) is 4. The van der Waals surface area contributed by atoms with E-state index in [0.717, 1.165) is 51.9 Å². The zero-order valence-corrected chi connectivity index (χ0v) is 11.3. The highest BCUT2D eigenvalue weighted by molar-refractivity contribution is 5.86. The molecule has 0 unspecified atom stereocenters. The summed E-state index contributed by atoms with van der Waals surface area (Å²) in [5.41, 5.74) is 4.53. The third-order valence-electron chi connectivity index (χ3n) is 2.44. The second-order valence-corrected chi connectivity index (χ2v) is 3.91. The van der Waals surface area contributed by atoms with E-state index in [0.29, 0.717) is 0 Å². The Labute approximate surface area is 114 Å². The van der Waals surface area contributed by atoms with Gasteiger partial charge in [-0.25, -0.2) is 0 Å². The Morgan fingerprint density at radius 1 is 1.26 bits per heavy atom. The van der Waals surface area contributed by atoms with Crippen molar-refractivity contribution < 1.29 is 14.3 Å². The van der Waals surface area contributed by atoms with E-state index in [9.17, 15) is 9.59 Å². The summed E-state index contributed by atoms with van der Waals surface area (Å²) in [6.45, 7) is 11.9. The molecule has 1 saturated heterocycles. The van der Waals surface area contributed by atoms with Crippen LogP contribution in [0.5, 0.6) is 0 Å². The predicted molar refractivity (Wildman–Crippen MR) is 74.5 cm³/mol. The van der Waals surface area contributed by atoms with E-state index in [2.05, 4.69) is 29.1 Å². The van der Waals surface area contributed by atoms with E-state index in [-0.39, 0.29) is 5.91 Å². The lowest BCUT2D eigenvalue weighted by Gasteiger charge is -2.26. The van der Waals surface area contributed by atoms with Crippen molar-refractivity contribution in [2.24, 2.45) is 5.73 Å². The van der Waals surface area contributed by atoms with Crippen LogP contribution in [0.15, 0.2) is 25.3 Å². The lowest BCUT2D eigenvalue weighted by Crippen LogP contribution is -2.38. The fourth-order valence-corrected chi connectivity index (χ4v) is 1.41. The molecule has 1 heterocycles. The standard InChI is InChI=1S/C10H18N2O2.C3H5NO/c1-2-10(13)11-4-3-5-12-6-8-14-9-7-12;1-2-3(4)5/h2H,1,3-9H2,(H,11,13);2H,1H2,(H2,4,5). The van der Waals surface area contributed by atoms with Crippen molar-refractivity contribution in [3.8, 4) is 0 Å². The number of morpholine rings is 1. The van der Waals surface area contributed by atoms with Crippen LogP contribution in [0.4, 0.5) is 0 Å². The molecular weight excluding hydrogens is 246 g/mol. The molecule has 1 aliphatic heterocycles. The number of carbonyl (C=O) groups is 2. The van der Waals surface area contributed by atoms with Gasteiger partial charge < -0.3 is 15.8 Å². The minimum Gasteiger partial charge on any atom is -0.379 e. The molecular formula is C13H23N3O3. The van der Waals surface area contributed by atoms with Gasteiger partial charge in [0.05, 0.1) is 13.2 Å². The van der Waals surface area contributed by atoms with Crippen molar-refractivity contribution in [3.63, 3.8) is 0 Å². The summed E-state index contributed by atoms with van der Waals surface area (Å²) in [4.78, 5) is 22.6. The summed E-state index contributed by atoms with van der Waals surface area (Å²) in [6, 6.07) is 0. The summed E-state index contributed by atoms with van der Waals surface area (Å²) in [7, 11) is 0. The Kier molecular flexibility index (Phi) is 10.4. The number of nitrogens with one attached hydrogen (secondary N) is 1. The molecule has 0 aliphatic carbocycles. The van der Waals surface area contributed by atoms with E-state index in [4.69, 9.17) is 4.74 Å². The number of hydrogen-bond donors (Lipinski definition) is 2. The van der Waals surface area contributed by atoms with Crippen LogP contribution in [0.1, 0.15) is 6.42 Å². The SMILES string of the molecule is C=CC(=O)NCCCN1CCOCC1.C=CC(N)=O. The first-order valence-electron chi connectivity index (χ1n) is 6.22. The topological polar surface area (TPSA) is 84.7 Å². The Bertz CT molecular complexity index is 300. The van der Waals surface area contributed by atoms with Gasteiger partial charge in [0.25, 0.3) is 0 Å². The van der Waals surface area contributed by atoms with Crippen LogP contribution < -0.4 is 11.1 Å². The third kappa shape index (κ3) is 11.2. The highest BCUT2D eigenvalue weighted by Crippen LogP contribution is 1.97. The van der Waals surface area contributed by atoms with E-state index < -0.39 is 5.91 Å². The number of carbonyl (C=O) groups excluding carboxylic acids is 2. The first kappa shape index (κ1) is 17.3. The van der Waals surface area contributed by atoms with Crippen molar-refractivity contribution in [2.75, 3.05) is 39.4 Å². The summed E-state index contributed by atoms with van der Waals surface area (Å²) in [6.07, 6.45) is 3.34. The minimum absolute atomic E-state index is 0.0908. The molecule has 0 aromatic heterocycles. The largest absolute Gasteiger partial charge is 0.379 e. The van der Waals surface area contributed by atoms with Gasteiger partial charge in [-0.2, -0.15) is 0 Å². The van der Waals surface area contributed by atoms with E-state index >= 15 is 0 Å². The maximum absolute atomic E-state index is 10.8. The van der Waals surface area contributed by atoms with E-state index in [1.165, 1.54) is 6.08 Å². The number of nitrogens with zero attached hydrogens (tertiary/aromatic N) is 1. The highest BCUT2D eigenvalue weighted by atomic mass is 16.5. The summed E-state index contributed by atoms with van der Waals surface area (Å²) < 4.78 is 5.24. The van der Waals surface area contributed by atoms with E-state index in [1.807, 2.05) is 0 Å². The Morgan fingerprint density at radius 2 is 1.84 bits per heavy atom. The van der Waals surface area contributed by atoms with Crippen LogP contribution in [-0.4, -0.2) is 56.1 Å². The van der Waals surface area contributed by atoms with Gasteiger partial charge >= 0.3 is 0 Å². The molecule has 1 fully saturated rings. The maximum atomic E-state index is 10.8. The van der Waals surface area contributed by atoms with Gasteiger partial charge in [0.2, 0.25) is 11.8 Å². The predicted octanol–water partition coefficient (Wildman–Crippen LogP) is -0.331. The molecule has 1 rings (SSSR count). The number of nitrogens with two attached hydrogens (primary N) is 1. The fourth-order valence-electron chi connectivity index (χ4n) is 1.41. The van der Waals surface area contributed by atoms with Gasteiger partial charge in [0, 0.05) is 19.6 Å². The molecule has 0 atom stereocenters. The van der Waals surface area contributed by atoms with Crippen molar-refractivity contribution >= 4 is 11.8 Å². The Hall–Kier alpha value is -1.66. The zero-order chi connectivity index (χ0) is 14.5. The molecule has 1 aliphatic rings. The molecule has 0 saturated carbocycles. The summed E-state index contributed by atoms with van der Waals surface area (Å²) in [5.74, 6) is -0.572. The molecule has 0 spiro atoms. The van der Waals surface area contributed by atoms with Crippen molar-refractivity contribution in [2.45, 2.75) is 6.42 Å². The first-order valence-corrected chi connectivity index (χ1v) is 6.22. The minimum atomic E-state index is -0.481. The normalized spacial score (nSPS) is 14.7. The average Bonchev–Trinajstić information content (AvgIpc) is 2.45. The zero-order valence-electron chi connectivity index (χ0n) is 11.3. The molecule has 3 N–H and O–H groups in total. The molecule has 0 aromatic carbocycles. The summed E-state index contributed by atoms with van der Waals surface area (Å²) in [5, 5.41) is 2.76. The lowest BCUT2D eigenvalue weighted by atomic mass is 10.3. The number of ether oxygens (including phenoxy) is 1. The van der Waals surface area contributed by atoms with Gasteiger partial charge in [-0.1, -0.05) is 13.2 Å².